The lowest BCUT2D eigenvalue weighted by Gasteiger charge is -2.42. The standard InChI is InChI=1S/C16H23F2NO5/c1-6-19(7-2)12(21)23-15(11(20)22-8-3)13(4)9-10-14(5,24-13)16(15,17)18/h9-10H,6-8H2,1-5H3/t13-,14+,15-/m0/s1. The van der Waals surface area contributed by atoms with Crippen LogP contribution < -0.4 is 0 Å². The minimum absolute atomic E-state index is 0.129. The third-order valence-corrected chi connectivity index (χ3v) is 4.73. The van der Waals surface area contributed by atoms with Crippen molar-refractivity contribution in [3.63, 3.8) is 0 Å². The lowest BCUT2D eigenvalue weighted by molar-refractivity contribution is -0.219. The van der Waals surface area contributed by atoms with E-state index in [1.165, 1.54) is 30.9 Å². The number of alkyl halides is 2. The first-order chi connectivity index (χ1) is 11.0. The van der Waals surface area contributed by atoms with Crippen molar-refractivity contribution in [2.75, 3.05) is 19.7 Å². The molecule has 0 N–H and O–H groups in total. The number of rotatable bonds is 5. The zero-order valence-corrected chi connectivity index (χ0v) is 14.5. The van der Waals surface area contributed by atoms with E-state index < -0.39 is 34.8 Å². The first kappa shape index (κ1) is 18.6. The average Bonchev–Trinajstić information content (AvgIpc) is 2.89. The Balaban J connectivity index is 2.56. The van der Waals surface area contributed by atoms with Crippen molar-refractivity contribution in [1.82, 2.24) is 4.90 Å². The zero-order valence-electron chi connectivity index (χ0n) is 14.5. The summed E-state index contributed by atoms with van der Waals surface area (Å²) < 4.78 is 45.9. The molecule has 1 saturated heterocycles. The highest BCUT2D eigenvalue weighted by Gasteiger charge is 2.87. The molecule has 24 heavy (non-hydrogen) atoms. The molecule has 0 spiro atoms. The highest BCUT2D eigenvalue weighted by atomic mass is 19.3. The van der Waals surface area contributed by atoms with Crippen molar-refractivity contribution in [3.8, 4) is 0 Å². The number of hydrogen-bond donors (Lipinski definition) is 0. The molecule has 0 unspecified atom stereocenters. The summed E-state index contributed by atoms with van der Waals surface area (Å²) >= 11 is 0. The maximum atomic E-state index is 15.2. The topological polar surface area (TPSA) is 65.1 Å². The van der Waals surface area contributed by atoms with E-state index >= 15 is 8.78 Å². The monoisotopic (exact) mass is 347 g/mol. The molecule has 8 heteroatoms. The van der Waals surface area contributed by atoms with E-state index in [4.69, 9.17) is 14.2 Å². The van der Waals surface area contributed by atoms with Crippen molar-refractivity contribution >= 4 is 12.1 Å². The van der Waals surface area contributed by atoms with Crippen molar-refractivity contribution in [2.45, 2.75) is 57.3 Å². The molecule has 2 heterocycles. The van der Waals surface area contributed by atoms with Crippen molar-refractivity contribution in [3.05, 3.63) is 12.2 Å². The minimum Gasteiger partial charge on any atom is -0.463 e. The maximum absolute atomic E-state index is 15.2. The van der Waals surface area contributed by atoms with E-state index in [9.17, 15) is 9.59 Å². The van der Waals surface area contributed by atoms with Crippen molar-refractivity contribution < 1.29 is 32.6 Å². The first-order valence-corrected chi connectivity index (χ1v) is 7.98. The second-order valence-electron chi connectivity index (χ2n) is 6.17. The van der Waals surface area contributed by atoms with Gasteiger partial charge in [-0.05, 0) is 46.8 Å². The van der Waals surface area contributed by atoms with Crippen LogP contribution >= 0.6 is 0 Å². The third-order valence-electron chi connectivity index (χ3n) is 4.73. The molecule has 3 atom stereocenters. The first-order valence-electron chi connectivity index (χ1n) is 7.98. The second-order valence-corrected chi connectivity index (χ2v) is 6.17. The Morgan fingerprint density at radius 3 is 2.04 bits per heavy atom. The van der Waals surface area contributed by atoms with Gasteiger partial charge in [-0.2, -0.15) is 8.78 Å². The van der Waals surface area contributed by atoms with E-state index in [0.29, 0.717) is 0 Å². The summed E-state index contributed by atoms with van der Waals surface area (Å²) in [5.41, 5.74) is -6.75. The summed E-state index contributed by atoms with van der Waals surface area (Å²) in [6.07, 6.45) is 1.51. The Morgan fingerprint density at radius 1 is 1.08 bits per heavy atom. The van der Waals surface area contributed by atoms with Gasteiger partial charge in [0.05, 0.1) is 6.61 Å². The Kier molecular flexibility index (Phi) is 4.41. The minimum atomic E-state index is -3.79. The molecule has 2 aliphatic rings. The van der Waals surface area contributed by atoms with Gasteiger partial charge in [-0.15, -0.1) is 0 Å². The van der Waals surface area contributed by atoms with Gasteiger partial charge in [0, 0.05) is 13.1 Å². The number of nitrogens with zero attached hydrogens (tertiary/aromatic N) is 1. The number of carbonyl (C=O) groups excluding carboxylic acids is 2. The summed E-state index contributed by atoms with van der Waals surface area (Å²) in [4.78, 5) is 26.1. The molecule has 2 aliphatic heterocycles. The molecule has 0 aromatic carbocycles. The van der Waals surface area contributed by atoms with Gasteiger partial charge in [0.1, 0.15) is 5.60 Å². The zero-order chi connectivity index (χ0) is 18.4. The molecule has 0 aromatic rings. The quantitative estimate of drug-likeness (QED) is 0.565. The summed E-state index contributed by atoms with van der Waals surface area (Å²) in [5.74, 6) is -5.11. The fourth-order valence-corrected chi connectivity index (χ4v) is 3.29. The summed E-state index contributed by atoms with van der Waals surface area (Å²) in [5, 5.41) is 0. The lowest BCUT2D eigenvalue weighted by Crippen LogP contribution is -2.69. The Morgan fingerprint density at radius 2 is 1.62 bits per heavy atom. The molecule has 0 saturated carbocycles. The van der Waals surface area contributed by atoms with Crippen LogP contribution in [0.5, 0.6) is 0 Å². The number of halogens is 2. The van der Waals surface area contributed by atoms with Gasteiger partial charge in [-0.3, -0.25) is 0 Å². The predicted octanol–water partition coefficient (Wildman–Crippen LogP) is 2.52. The molecule has 0 aliphatic carbocycles. The van der Waals surface area contributed by atoms with E-state index in [2.05, 4.69) is 0 Å². The van der Waals surface area contributed by atoms with Crippen LogP contribution in [0.15, 0.2) is 12.2 Å². The van der Waals surface area contributed by atoms with Gasteiger partial charge < -0.3 is 19.1 Å². The number of hydrogen-bond acceptors (Lipinski definition) is 5. The van der Waals surface area contributed by atoms with Gasteiger partial charge in [-0.1, -0.05) is 0 Å². The normalized spacial score (nSPS) is 35.8. The molecule has 1 fully saturated rings. The van der Waals surface area contributed by atoms with Gasteiger partial charge >= 0.3 is 23.6 Å². The van der Waals surface area contributed by atoms with Crippen LogP contribution in [0, 0.1) is 0 Å². The highest BCUT2D eigenvalue weighted by molar-refractivity contribution is 5.88. The van der Waals surface area contributed by atoms with Gasteiger partial charge in [0.2, 0.25) is 0 Å². The molecule has 0 radical (unpaired) electrons. The molecule has 1 amide bonds. The Bertz CT molecular complexity index is 577. The summed E-state index contributed by atoms with van der Waals surface area (Å²) in [6, 6.07) is 0. The largest absolute Gasteiger partial charge is 0.463 e. The van der Waals surface area contributed by atoms with Crippen molar-refractivity contribution in [1.29, 1.82) is 0 Å². The molecule has 136 valence electrons. The van der Waals surface area contributed by atoms with Crippen molar-refractivity contribution in [2.24, 2.45) is 0 Å². The lowest BCUT2D eigenvalue weighted by atomic mass is 9.73. The SMILES string of the molecule is CCOC(=O)[C@@]1(OC(=O)N(CC)CC)C(F)(F)[C@@]2(C)C=C[C@]1(C)O2. The van der Waals surface area contributed by atoms with Gasteiger partial charge in [0.25, 0.3) is 0 Å². The van der Waals surface area contributed by atoms with E-state index in [1.54, 1.807) is 13.8 Å². The van der Waals surface area contributed by atoms with Crippen LogP contribution in [-0.2, 0) is 19.0 Å². The molecule has 2 rings (SSSR count). The highest BCUT2D eigenvalue weighted by Crippen LogP contribution is 2.62. The van der Waals surface area contributed by atoms with Crippen LogP contribution in [0.4, 0.5) is 13.6 Å². The van der Waals surface area contributed by atoms with Crippen LogP contribution in [0.1, 0.15) is 34.6 Å². The predicted molar refractivity (Wildman–Crippen MR) is 80.7 cm³/mol. The number of fused-ring (bicyclic) bond motifs is 2. The average molecular weight is 347 g/mol. The third kappa shape index (κ3) is 2.08. The van der Waals surface area contributed by atoms with E-state index in [-0.39, 0.29) is 19.7 Å². The van der Waals surface area contributed by atoms with E-state index in [0.717, 1.165) is 6.92 Å². The van der Waals surface area contributed by atoms with E-state index in [1.807, 2.05) is 0 Å². The number of amides is 1. The van der Waals surface area contributed by atoms with Crippen LogP contribution in [0.2, 0.25) is 0 Å². The smallest absolute Gasteiger partial charge is 0.411 e. The molecular formula is C16H23F2NO5. The molecular weight excluding hydrogens is 324 g/mol. The Hall–Kier alpha value is -1.70. The van der Waals surface area contributed by atoms with Crippen LogP contribution in [0.3, 0.4) is 0 Å². The van der Waals surface area contributed by atoms with Gasteiger partial charge in [0.15, 0.2) is 5.60 Å². The van der Waals surface area contributed by atoms with Gasteiger partial charge in [-0.25, -0.2) is 9.59 Å². The number of ether oxygens (including phenoxy) is 3. The molecule has 6 nitrogen and oxygen atoms in total. The Labute approximate surface area is 139 Å². The number of esters is 1. The maximum Gasteiger partial charge on any atom is 0.411 e. The van der Waals surface area contributed by atoms with Crippen LogP contribution in [0.25, 0.3) is 0 Å². The summed E-state index contributed by atoms with van der Waals surface area (Å²) in [7, 11) is 0. The molecule has 0 aromatic heterocycles. The fraction of sp³-hybridized carbons (Fsp3) is 0.750. The second kappa shape index (κ2) is 5.68. The summed E-state index contributed by atoms with van der Waals surface area (Å²) in [6.45, 7) is 7.68. The fourth-order valence-electron chi connectivity index (χ4n) is 3.29. The number of carbonyl (C=O) groups is 2. The molecule has 2 bridgehead atoms. The van der Waals surface area contributed by atoms with Crippen LogP contribution in [-0.4, -0.2) is 59.4 Å².